The first-order valence-corrected chi connectivity index (χ1v) is 7.02. The molecule has 110 valence electrons. The zero-order valence-electron chi connectivity index (χ0n) is 12.5. The first-order chi connectivity index (χ1) is 8.93. The number of likely N-dealkylation sites (N-methyl/N-ethyl adjacent to an activating group) is 1. The molecule has 0 radical (unpaired) electrons. The number of hydrogen-bond acceptors (Lipinski definition) is 5. The van der Waals surface area contributed by atoms with Gasteiger partial charge in [0.05, 0.1) is 5.70 Å². The normalized spacial score (nSPS) is 19.1. The lowest BCUT2D eigenvalue weighted by Crippen LogP contribution is -2.49. The molecule has 0 aliphatic heterocycles. The molecule has 3 N–H and O–H groups in total. The van der Waals surface area contributed by atoms with E-state index >= 15 is 0 Å². The SMILES string of the molecule is CC(C)CCCNC1=C(NCCN(C)C)C(O)C1=O. The van der Waals surface area contributed by atoms with Crippen molar-refractivity contribution >= 4 is 5.78 Å². The molecule has 5 nitrogen and oxygen atoms in total. The van der Waals surface area contributed by atoms with E-state index in [0.29, 0.717) is 17.3 Å². The van der Waals surface area contributed by atoms with Crippen LogP contribution >= 0.6 is 0 Å². The highest BCUT2D eigenvalue weighted by Gasteiger charge is 2.37. The van der Waals surface area contributed by atoms with Crippen molar-refractivity contribution in [2.24, 2.45) is 5.92 Å². The number of nitrogens with zero attached hydrogens (tertiary/aromatic N) is 1. The van der Waals surface area contributed by atoms with Crippen molar-refractivity contribution in [1.82, 2.24) is 15.5 Å². The lowest BCUT2D eigenvalue weighted by atomic mass is 9.94. The van der Waals surface area contributed by atoms with Crippen molar-refractivity contribution in [1.29, 1.82) is 0 Å². The predicted octanol–water partition coefficient (Wildman–Crippen LogP) is 0.319. The topological polar surface area (TPSA) is 64.6 Å². The Morgan fingerprint density at radius 1 is 1.26 bits per heavy atom. The monoisotopic (exact) mass is 269 g/mol. The van der Waals surface area contributed by atoms with Gasteiger partial charge in [-0.1, -0.05) is 13.8 Å². The molecule has 0 saturated heterocycles. The third-order valence-corrected chi connectivity index (χ3v) is 3.17. The van der Waals surface area contributed by atoms with Gasteiger partial charge in [0.1, 0.15) is 5.70 Å². The molecule has 0 heterocycles. The molecule has 0 amide bonds. The van der Waals surface area contributed by atoms with E-state index in [1.54, 1.807) is 0 Å². The van der Waals surface area contributed by atoms with Gasteiger partial charge in [0, 0.05) is 19.6 Å². The number of Topliss-reactive ketones (excluding diaryl/α,β-unsaturated/α-hetero) is 1. The van der Waals surface area contributed by atoms with Crippen molar-refractivity contribution < 1.29 is 9.90 Å². The predicted molar refractivity (Wildman–Crippen MR) is 76.7 cm³/mol. The average molecular weight is 269 g/mol. The van der Waals surface area contributed by atoms with E-state index in [-0.39, 0.29) is 5.78 Å². The summed E-state index contributed by atoms with van der Waals surface area (Å²) in [4.78, 5) is 13.6. The van der Waals surface area contributed by atoms with Crippen LogP contribution in [0.25, 0.3) is 0 Å². The second kappa shape index (κ2) is 7.50. The van der Waals surface area contributed by atoms with Crippen molar-refractivity contribution in [2.75, 3.05) is 33.7 Å². The summed E-state index contributed by atoms with van der Waals surface area (Å²) in [7, 11) is 3.98. The number of aliphatic hydroxyl groups is 1. The van der Waals surface area contributed by atoms with Crippen molar-refractivity contribution in [3.63, 3.8) is 0 Å². The second-order valence-corrected chi connectivity index (χ2v) is 5.75. The number of aliphatic hydroxyl groups excluding tert-OH is 1. The van der Waals surface area contributed by atoms with Crippen LogP contribution in [0.4, 0.5) is 0 Å². The molecule has 0 bridgehead atoms. The summed E-state index contributed by atoms with van der Waals surface area (Å²) in [5.74, 6) is 0.480. The fourth-order valence-corrected chi connectivity index (χ4v) is 1.96. The van der Waals surface area contributed by atoms with Gasteiger partial charge in [-0.3, -0.25) is 4.79 Å². The van der Waals surface area contributed by atoms with Crippen LogP contribution in [0.2, 0.25) is 0 Å². The fourth-order valence-electron chi connectivity index (χ4n) is 1.96. The Balaban J connectivity index is 2.38. The summed E-state index contributed by atoms with van der Waals surface area (Å²) >= 11 is 0. The molecule has 5 heteroatoms. The third-order valence-electron chi connectivity index (χ3n) is 3.17. The van der Waals surface area contributed by atoms with Crippen molar-refractivity contribution in [3.8, 4) is 0 Å². The lowest BCUT2D eigenvalue weighted by Gasteiger charge is -2.30. The van der Waals surface area contributed by atoms with Gasteiger partial charge >= 0.3 is 0 Å². The van der Waals surface area contributed by atoms with E-state index in [1.165, 1.54) is 0 Å². The van der Waals surface area contributed by atoms with Crippen LogP contribution in [0.1, 0.15) is 26.7 Å². The highest BCUT2D eigenvalue weighted by molar-refractivity contribution is 6.07. The van der Waals surface area contributed by atoms with Gasteiger partial charge in [-0.15, -0.1) is 0 Å². The van der Waals surface area contributed by atoms with E-state index in [4.69, 9.17) is 0 Å². The largest absolute Gasteiger partial charge is 0.383 e. The minimum absolute atomic E-state index is 0.197. The first-order valence-electron chi connectivity index (χ1n) is 7.02. The Hall–Kier alpha value is -1.07. The minimum atomic E-state index is -0.963. The van der Waals surface area contributed by atoms with Crippen LogP contribution in [-0.4, -0.2) is 55.6 Å². The van der Waals surface area contributed by atoms with Gasteiger partial charge < -0.3 is 20.6 Å². The van der Waals surface area contributed by atoms with Crippen LogP contribution < -0.4 is 10.6 Å². The van der Waals surface area contributed by atoms with Gasteiger partial charge in [-0.2, -0.15) is 0 Å². The summed E-state index contributed by atoms with van der Waals surface area (Å²) in [6.45, 7) is 6.75. The minimum Gasteiger partial charge on any atom is -0.383 e. The zero-order chi connectivity index (χ0) is 14.4. The number of hydrogen-bond donors (Lipinski definition) is 3. The van der Waals surface area contributed by atoms with E-state index < -0.39 is 6.10 Å². The van der Waals surface area contributed by atoms with Crippen LogP contribution in [0.15, 0.2) is 11.4 Å². The molecule has 1 atom stereocenters. The molecule has 0 aromatic heterocycles. The third kappa shape index (κ3) is 4.84. The maximum atomic E-state index is 11.6. The number of nitrogens with one attached hydrogen (secondary N) is 2. The van der Waals surface area contributed by atoms with Gasteiger partial charge in [-0.25, -0.2) is 0 Å². The Morgan fingerprint density at radius 2 is 1.95 bits per heavy atom. The summed E-state index contributed by atoms with van der Waals surface area (Å²) in [5, 5.41) is 15.9. The van der Waals surface area contributed by atoms with E-state index in [2.05, 4.69) is 29.4 Å². The first kappa shape index (κ1) is 16.0. The maximum absolute atomic E-state index is 11.6. The summed E-state index contributed by atoms with van der Waals surface area (Å²) < 4.78 is 0. The Labute approximate surface area is 116 Å². The molecule has 1 unspecified atom stereocenters. The Morgan fingerprint density at radius 3 is 2.53 bits per heavy atom. The van der Waals surface area contributed by atoms with E-state index in [9.17, 15) is 9.90 Å². The van der Waals surface area contributed by atoms with Gasteiger partial charge in [0.15, 0.2) is 6.10 Å². The molecule has 0 fully saturated rings. The zero-order valence-corrected chi connectivity index (χ0v) is 12.5. The van der Waals surface area contributed by atoms with Gasteiger partial charge in [-0.05, 0) is 32.9 Å². The van der Waals surface area contributed by atoms with Crippen LogP contribution in [0.3, 0.4) is 0 Å². The molecular formula is C14H27N3O2. The molecule has 0 aromatic carbocycles. The molecule has 0 saturated carbocycles. The number of rotatable bonds is 9. The molecule has 1 aliphatic rings. The van der Waals surface area contributed by atoms with Crippen molar-refractivity contribution in [3.05, 3.63) is 11.4 Å². The van der Waals surface area contributed by atoms with Gasteiger partial charge in [0.25, 0.3) is 0 Å². The van der Waals surface area contributed by atoms with Crippen molar-refractivity contribution in [2.45, 2.75) is 32.8 Å². The molecule has 1 aliphatic carbocycles. The van der Waals surface area contributed by atoms with Crippen LogP contribution in [0.5, 0.6) is 0 Å². The average Bonchev–Trinajstić information content (AvgIpc) is 2.34. The van der Waals surface area contributed by atoms with Gasteiger partial charge in [0.2, 0.25) is 5.78 Å². The summed E-state index contributed by atoms with van der Waals surface area (Å²) in [6.07, 6.45) is 1.21. The number of carbonyl (C=O) groups excluding carboxylic acids is 1. The summed E-state index contributed by atoms with van der Waals surface area (Å²) in [5.41, 5.74) is 1.21. The molecule has 19 heavy (non-hydrogen) atoms. The molecule has 0 spiro atoms. The lowest BCUT2D eigenvalue weighted by molar-refractivity contribution is -0.125. The Kier molecular flexibility index (Phi) is 6.31. The maximum Gasteiger partial charge on any atom is 0.215 e. The van der Waals surface area contributed by atoms with E-state index in [0.717, 1.165) is 32.5 Å². The Bertz CT molecular complexity index is 338. The molecular weight excluding hydrogens is 242 g/mol. The standard InChI is InChI=1S/C14H27N3O2/c1-10(2)6-5-7-15-11-12(14(19)13(11)18)16-8-9-17(3)4/h10,14-16,19H,5-9H2,1-4H3. The van der Waals surface area contributed by atoms with Crippen LogP contribution in [0, 0.1) is 5.92 Å². The highest BCUT2D eigenvalue weighted by Crippen LogP contribution is 2.20. The van der Waals surface area contributed by atoms with E-state index in [1.807, 2.05) is 14.1 Å². The molecule has 0 aromatic rings. The smallest absolute Gasteiger partial charge is 0.215 e. The second-order valence-electron chi connectivity index (χ2n) is 5.75. The number of carbonyl (C=O) groups is 1. The highest BCUT2D eigenvalue weighted by atomic mass is 16.3. The quantitative estimate of drug-likeness (QED) is 0.526. The van der Waals surface area contributed by atoms with Crippen LogP contribution in [-0.2, 0) is 4.79 Å². The number of ketones is 1. The fraction of sp³-hybridized carbons (Fsp3) is 0.786. The summed E-state index contributed by atoms with van der Waals surface area (Å²) in [6, 6.07) is 0. The molecule has 1 rings (SSSR count).